The molecule has 1 heterocycles. The first kappa shape index (κ1) is 16.6. The van der Waals surface area contributed by atoms with Gasteiger partial charge in [-0.2, -0.15) is 0 Å². The van der Waals surface area contributed by atoms with Crippen molar-refractivity contribution in [2.75, 3.05) is 0 Å². The van der Waals surface area contributed by atoms with Gasteiger partial charge in [0.15, 0.2) is 0 Å². The number of hydrazine groups is 1. The van der Waals surface area contributed by atoms with Crippen LogP contribution in [-0.4, -0.2) is 16.7 Å². The predicted octanol–water partition coefficient (Wildman–Crippen LogP) is 2.44. The molecule has 0 aliphatic heterocycles. The molecule has 0 aliphatic rings. The van der Waals surface area contributed by atoms with Crippen LogP contribution in [0.25, 0.3) is 0 Å². The van der Waals surface area contributed by atoms with Crippen LogP contribution in [0.15, 0.2) is 41.8 Å². The second-order valence-electron chi connectivity index (χ2n) is 4.74. The number of rotatable bonds is 6. The fourth-order valence-corrected chi connectivity index (χ4v) is 2.62. The fourth-order valence-electron chi connectivity index (χ4n) is 1.87. The molecular weight excluding hydrogens is 318 g/mol. The molecular formula is C15H15N3O4S. The van der Waals surface area contributed by atoms with E-state index in [0.717, 1.165) is 6.42 Å². The van der Waals surface area contributed by atoms with Crippen molar-refractivity contribution < 1.29 is 14.5 Å². The zero-order chi connectivity index (χ0) is 16.7. The van der Waals surface area contributed by atoms with Crippen LogP contribution >= 0.6 is 11.3 Å². The Hall–Kier alpha value is -2.74. The van der Waals surface area contributed by atoms with Crippen LogP contribution in [0, 0.1) is 10.1 Å². The second-order valence-corrected chi connectivity index (χ2v) is 5.77. The summed E-state index contributed by atoms with van der Waals surface area (Å²) in [5.41, 5.74) is 4.75. The van der Waals surface area contributed by atoms with Gasteiger partial charge in [-0.05, 0) is 36.4 Å². The van der Waals surface area contributed by atoms with Crippen LogP contribution in [0.3, 0.4) is 0 Å². The summed E-state index contributed by atoms with van der Waals surface area (Å²) >= 11 is 1.64. The van der Waals surface area contributed by atoms with Crippen LogP contribution in [-0.2, 0) is 11.2 Å². The Morgan fingerprint density at radius 1 is 1.13 bits per heavy atom. The maximum Gasteiger partial charge on any atom is 0.269 e. The van der Waals surface area contributed by atoms with E-state index in [2.05, 4.69) is 10.9 Å². The molecule has 0 radical (unpaired) electrons. The Morgan fingerprint density at radius 3 is 2.48 bits per heavy atom. The molecule has 0 saturated carbocycles. The number of nitrogens with one attached hydrogen (secondary N) is 2. The minimum Gasteiger partial charge on any atom is -0.273 e. The Bertz CT molecular complexity index is 683. The molecule has 0 saturated heterocycles. The van der Waals surface area contributed by atoms with E-state index in [9.17, 15) is 19.7 Å². The van der Waals surface area contributed by atoms with Crippen LogP contribution in [0.2, 0.25) is 0 Å². The quantitative estimate of drug-likeness (QED) is 0.626. The lowest BCUT2D eigenvalue weighted by atomic mass is 10.2. The highest BCUT2D eigenvalue weighted by Gasteiger charge is 2.10. The van der Waals surface area contributed by atoms with Crippen molar-refractivity contribution in [2.45, 2.75) is 19.3 Å². The predicted molar refractivity (Wildman–Crippen MR) is 86.0 cm³/mol. The summed E-state index contributed by atoms with van der Waals surface area (Å²) in [5, 5.41) is 12.5. The summed E-state index contributed by atoms with van der Waals surface area (Å²) in [7, 11) is 0. The number of non-ortho nitro benzene ring substituents is 1. The second kappa shape index (κ2) is 8.04. The molecule has 0 atom stereocenters. The third kappa shape index (κ3) is 5.19. The minimum absolute atomic E-state index is 0.0980. The highest BCUT2D eigenvalue weighted by molar-refractivity contribution is 7.09. The van der Waals surface area contributed by atoms with Crippen molar-refractivity contribution in [1.29, 1.82) is 0 Å². The first-order valence-electron chi connectivity index (χ1n) is 6.92. The summed E-state index contributed by atoms with van der Waals surface area (Å²) < 4.78 is 0. The van der Waals surface area contributed by atoms with Gasteiger partial charge in [-0.3, -0.25) is 30.6 Å². The van der Waals surface area contributed by atoms with Crippen LogP contribution in [0.5, 0.6) is 0 Å². The van der Waals surface area contributed by atoms with E-state index in [1.165, 1.54) is 29.1 Å². The van der Waals surface area contributed by atoms with Gasteiger partial charge in [0.1, 0.15) is 0 Å². The molecule has 1 aromatic carbocycles. The highest BCUT2D eigenvalue weighted by Crippen LogP contribution is 2.12. The topological polar surface area (TPSA) is 101 Å². The summed E-state index contributed by atoms with van der Waals surface area (Å²) in [6, 6.07) is 9.10. The fraction of sp³-hybridized carbons (Fsp3) is 0.200. The smallest absolute Gasteiger partial charge is 0.269 e. The van der Waals surface area contributed by atoms with Crippen molar-refractivity contribution in [3.8, 4) is 0 Å². The number of nitro benzene ring substituents is 1. The maximum absolute atomic E-state index is 11.8. The summed E-state index contributed by atoms with van der Waals surface area (Å²) in [6.45, 7) is 0. The molecule has 0 aliphatic carbocycles. The monoisotopic (exact) mass is 333 g/mol. The largest absolute Gasteiger partial charge is 0.273 e. The molecule has 0 bridgehead atoms. The molecule has 8 heteroatoms. The lowest BCUT2D eigenvalue weighted by Gasteiger charge is -2.07. The normalized spacial score (nSPS) is 10.1. The van der Waals surface area contributed by atoms with Crippen LogP contribution in [0.4, 0.5) is 5.69 Å². The average molecular weight is 333 g/mol. The number of carbonyl (C=O) groups excluding carboxylic acids is 2. The summed E-state index contributed by atoms with van der Waals surface area (Å²) in [4.78, 5) is 34.6. The van der Waals surface area contributed by atoms with E-state index in [1.54, 1.807) is 11.3 Å². The Kier molecular flexibility index (Phi) is 5.81. The molecule has 2 rings (SSSR count). The van der Waals surface area contributed by atoms with Gasteiger partial charge >= 0.3 is 0 Å². The summed E-state index contributed by atoms with van der Waals surface area (Å²) in [6.07, 6.45) is 1.82. The van der Waals surface area contributed by atoms with Crippen LogP contribution in [0.1, 0.15) is 28.1 Å². The van der Waals surface area contributed by atoms with E-state index in [4.69, 9.17) is 0 Å². The molecule has 0 unspecified atom stereocenters. The maximum atomic E-state index is 11.8. The van der Waals surface area contributed by atoms with E-state index < -0.39 is 10.8 Å². The number of amides is 2. The Balaban J connectivity index is 1.72. The zero-order valence-electron chi connectivity index (χ0n) is 12.2. The van der Waals surface area contributed by atoms with E-state index >= 15 is 0 Å². The number of aryl methyl sites for hydroxylation is 1. The number of nitrogens with zero attached hydrogens (tertiary/aromatic N) is 1. The molecule has 2 N–H and O–H groups in total. The highest BCUT2D eigenvalue weighted by atomic mass is 32.1. The van der Waals surface area contributed by atoms with Crippen LogP contribution < -0.4 is 10.9 Å². The molecule has 1 aromatic heterocycles. The number of thiophene rings is 1. The first-order valence-corrected chi connectivity index (χ1v) is 7.80. The molecule has 120 valence electrons. The van der Waals surface area contributed by atoms with Gasteiger partial charge in [0, 0.05) is 29.0 Å². The van der Waals surface area contributed by atoms with Crippen molar-refractivity contribution in [2.24, 2.45) is 0 Å². The number of carbonyl (C=O) groups is 2. The van der Waals surface area contributed by atoms with Gasteiger partial charge in [0.25, 0.3) is 11.6 Å². The van der Waals surface area contributed by atoms with Gasteiger partial charge < -0.3 is 0 Å². The number of nitro groups is 1. The van der Waals surface area contributed by atoms with Crippen molar-refractivity contribution >= 4 is 28.8 Å². The van der Waals surface area contributed by atoms with Crippen molar-refractivity contribution in [1.82, 2.24) is 10.9 Å². The molecule has 0 spiro atoms. The third-order valence-corrected chi connectivity index (χ3v) is 4.00. The van der Waals surface area contributed by atoms with Gasteiger partial charge in [-0.1, -0.05) is 6.07 Å². The number of hydrogen-bond donors (Lipinski definition) is 2. The van der Waals surface area contributed by atoms with Gasteiger partial charge in [-0.25, -0.2) is 0 Å². The SMILES string of the molecule is O=C(CCCc1cccs1)NNC(=O)c1ccc([N+](=O)[O-])cc1. The van der Waals surface area contributed by atoms with E-state index in [1.807, 2.05) is 17.5 Å². The van der Waals surface area contributed by atoms with Crippen molar-refractivity contribution in [3.63, 3.8) is 0 Å². The minimum atomic E-state index is -0.545. The number of hydrogen-bond acceptors (Lipinski definition) is 5. The number of benzene rings is 1. The molecule has 2 amide bonds. The molecule has 2 aromatic rings. The Morgan fingerprint density at radius 2 is 1.87 bits per heavy atom. The Labute approximate surface area is 136 Å². The van der Waals surface area contributed by atoms with Gasteiger partial charge in [0.2, 0.25) is 5.91 Å². The molecule has 7 nitrogen and oxygen atoms in total. The third-order valence-electron chi connectivity index (χ3n) is 3.06. The molecule has 0 fully saturated rings. The lowest BCUT2D eigenvalue weighted by molar-refractivity contribution is -0.384. The first-order chi connectivity index (χ1) is 11.1. The van der Waals surface area contributed by atoms with Gasteiger partial charge in [-0.15, -0.1) is 11.3 Å². The van der Waals surface area contributed by atoms with Crippen molar-refractivity contribution in [3.05, 3.63) is 62.3 Å². The van der Waals surface area contributed by atoms with E-state index in [-0.39, 0.29) is 17.2 Å². The molecule has 23 heavy (non-hydrogen) atoms. The lowest BCUT2D eigenvalue weighted by Crippen LogP contribution is -2.41. The van der Waals surface area contributed by atoms with E-state index in [0.29, 0.717) is 12.8 Å². The standard InChI is InChI=1S/C15H15N3O4S/c19-14(5-1-3-13-4-2-10-23-13)16-17-15(20)11-6-8-12(9-7-11)18(21)22/h2,4,6-10H,1,3,5H2,(H,16,19)(H,17,20). The zero-order valence-corrected chi connectivity index (χ0v) is 13.0. The summed E-state index contributed by atoms with van der Waals surface area (Å²) in [5.74, 6) is -0.802. The average Bonchev–Trinajstić information content (AvgIpc) is 3.06. The van der Waals surface area contributed by atoms with Gasteiger partial charge in [0.05, 0.1) is 4.92 Å².